The average molecular weight is 256 g/mol. The number of nitrogens with two attached hydrogens (primary N) is 1. The van der Waals surface area contributed by atoms with Crippen molar-refractivity contribution in [3.63, 3.8) is 0 Å². The minimum Gasteiger partial charge on any atom is -0.394 e. The predicted octanol–water partition coefficient (Wildman–Crippen LogP) is 0.833. The molecule has 4 nitrogen and oxygen atoms in total. The molecule has 4 heteroatoms. The highest BCUT2D eigenvalue weighted by molar-refractivity contribution is 5.01. The summed E-state index contributed by atoms with van der Waals surface area (Å²) in [6, 6.07) is 0.563. The molecule has 0 aliphatic heterocycles. The van der Waals surface area contributed by atoms with E-state index in [1.165, 1.54) is 25.7 Å². The first-order valence-corrected chi connectivity index (χ1v) is 7.23. The molecule has 0 aromatic carbocycles. The summed E-state index contributed by atoms with van der Waals surface area (Å²) in [7, 11) is 1.74. The predicted molar refractivity (Wildman–Crippen MR) is 72.4 cm³/mol. The van der Waals surface area contributed by atoms with Crippen LogP contribution in [0, 0.1) is 11.8 Å². The van der Waals surface area contributed by atoms with Crippen LogP contribution in [0.25, 0.3) is 0 Å². The van der Waals surface area contributed by atoms with Gasteiger partial charge >= 0.3 is 0 Å². The van der Waals surface area contributed by atoms with Crippen molar-refractivity contribution in [2.45, 2.75) is 44.2 Å². The molecule has 2 aliphatic rings. The Bertz CT molecular complexity index is 267. The van der Waals surface area contributed by atoms with Crippen LogP contribution in [0.5, 0.6) is 0 Å². The number of methoxy groups -OCH3 is 1. The van der Waals surface area contributed by atoms with E-state index in [4.69, 9.17) is 10.5 Å². The average Bonchev–Trinajstić information content (AvgIpc) is 3.21. The van der Waals surface area contributed by atoms with E-state index in [1.54, 1.807) is 7.11 Å². The van der Waals surface area contributed by atoms with Crippen molar-refractivity contribution >= 4 is 0 Å². The van der Waals surface area contributed by atoms with Gasteiger partial charge in [-0.2, -0.15) is 0 Å². The van der Waals surface area contributed by atoms with Crippen molar-refractivity contribution < 1.29 is 9.84 Å². The van der Waals surface area contributed by atoms with E-state index in [1.807, 2.05) is 0 Å². The lowest BCUT2D eigenvalue weighted by Gasteiger charge is -2.37. The van der Waals surface area contributed by atoms with E-state index >= 15 is 0 Å². The molecule has 2 atom stereocenters. The molecular weight excluding hydrogens is 228 g/mol. The number of hydrogen-bond donors (Lipinski definition) is 2. The fourth-order valence-corrected chi connectivity index (χ4v) is 2.86. The highest BCUT2D eigenvalue weighted by atomic mass is 16.5. The molecule has 2 fully saturated rings. The summed E-state index contributed by atoms with van der Waals surface area (Å²) in [4.78, 5) is 2.43. The molecule has 3 N–H and O–H groups in total. The van der Waals surface area contributed by atoms with Crippen LogP contribution in [-0.4, -0.2) is 55.0 Å². The fourth-order valence-electron chi connectivity index (χ4n) is 2.86. The third kappa shape index (κ3) is 3.44. The maximum absolute atomic E-state index is 9.62. The van der Waals surface area contributed by atoms with Crippen LogP contribution in [0.2, 0.25) is 0 Å². The SMILES string of the molecule is COCCN(CC(N)(CO)C1CC1)C(C)C1CC1. The summed E-state index contributed by atoms with van der Waals surface area (Å²) < 4.78 is 5.20. The zero-order chi connectivity index (χ0) is 13.2. The number of hydrogen-bond acceptors (Lipinski definition) is 4. The first kappa shape index (κ1) is 14.3. The van der Waals surface area contributed by atoms with Gasteiger partial charge in [-0.25, -0.2) is 0 Å². The molecule has 0 aromatic rings. The topological polar surface area (TPSA) is 58.7 Å². The van der Waals surface area contributed by atoms with Crippen molar-refractivity contribution in [2.24, 2.45) is 17.6 Å². The molecule has 0 bridgehead atoms. The Hall–Kier alpha value is -0.160. The van der Waals surface area contributed by atoms with Gasteiger partial charge in [0.25, 0.3) is 0 Å². The Balaban J connectivity index is 1.93. The molecule has 0 amide bonds. The smallest absolute Gasteiger partial charge is 0.0626 e. The van der Waals surface area contributed by atoms with Crippen molar-refractivity contribution in [1.82, 2.24) is 4.90 Å². The quantitative estimate of drug-likeness (QED) is 0.641. The van der Waals surface area contributed by atoms with Crippen LogP contribution < -0.4 is 5.73 Å². The maximum atomic E-state index is 9.62. The zero-order valence-corrected chi connectivity index (χ0v) is 11.8. The first-order chi connectivity index (χ1) is 8.60. The molecule has 0 aromatic heterocycles. The molecule has 0 radical (unpaired) electrons. The molecule has 2 unspecified atom stereocenters. The molecule has 18 heavy (non-hydrogen) atoms. The third-order valence-corrected chi connectivity index (χ3v) is 4.65. The van der Waals surface area contributed by atoms with Crippen LogP contribution in [-0.2, 0) is 4.74 Å². The number of aliphatic hydroxyl groups excluding tert-OH is 1. The summed E-state index contributed by atoms with van der Waals surface area (Å²) >= 11 is 0. The van der Waals surface area contributed by atoms with Gasteiger partial charge in [0.1, 0.15) is 0 Å². The minimum absolute atomic E-state index is 0.0958. The van der Waals surface area contributed by atoms with Crippen LogP contribution in [0.1, 0.15) is 32.6 Å². The van der Waals surface area contributed by atoms with Gasteiger partial charge in [0, 0.05) is 26.2 Å². The molecule has 106 valence electrons. The van der Waals surface area contributed by atoms with Crippen molar-refractivity contribution in [1.29, 1.82) is 0 Å². The summed E-state index contributed by atoms with van der Waals surface area (Å²) in [6.45, 7) is 4.84. The van der Waals surface area contributed by atoms with Gasteiger partial charge in [-0.05, 0) is 44.4 Å². The highest BCUT2D eigenvalue weighted by Gasteiger charge is 2.44. The molecule has 0 heterocycles. The maximum Gasteiger partial charge on any atom is 0.0626 e. The number of aliphatic hydroxyl groups is 1. The van der Waals surface area contributed by atoms with Crippen LogP contribution in [0.15, 0.2) is 0 Å². The van der Waals surface area contributed by atoms with E-state index in [0.717, 1.165) is 25.6 Å². The Morgan fingerprint density at radius 3 is 2.50 bits per heavy atom. The molecule has 2 saturated carbocycles. The number of nitrogens with zero attached hydrogens (tertiary/aromatic N) is 1. The monoisotopic (exact) mass is 256 g/mol. The van der Waals surface area contributed by atoms with Gasteiger partial charge < -0.3 is 15.6 Å². The van der Waals surface area contributed by atoms with E-state index in [2.05, 4.69) is 11.8 Å². The Morgan fingerprint density at radius 1 is 1.39 bits per heavy atom. The minimum atomic E-state index is -0.406. The standard InChI is InChI=1S/C14H28N2O2/c1-11(12-3-4-12)16(7-8-18-2)9-14(15,10-17)13-5-6-13/h11-13,17H,3-10,15H2,1-2H3. The molecular formula is C14H28N2O2. The van der Waals surface area contributed by atoms with Crippen molar-refractivity contribution in [3.8, 4) is 0 Å². The lowest BCUT2D eigenvalue weighted by molar-refractivity contribution is 0.0681. The summed E-state index contributed by atoms with van der Waals surface area (Å²) in [5.74, 6) is 1.34. The fraction of sp³-hybridized carbons (Fsp3) is 1.00. The highest BCUT2D eigenvalue weighted by Crippen LogP contribution is 2.40. The van der Waals surface area contributed by atoms with Crippen LogP contribution >= 0.6 is 0 Å². The lowest BCUT2D eigenvalue weighted by Crippen LogP contribution is -2.57. The summed E-state index contributed by atoms with van der Waals surface area (Å²) in [6.07, 6.45) is 5.02. The van der Waals surface area contributed by atoms with Crippen LogP contribution in [0.4, 0.5) is 0 Å². The first-order valence-electron chi connectivity index (χ1n) is 7.23. The third-order valence-electron chi connectivity index (χ3n) is 4.65. The Morgan fingerprint density at radius 2 is 2.06 bits per heavy atom. The lowest BCUT2D eigenvalue weighted by atomic mass is 9.94. The van der Waals surface area contributed by atoms with E-state index in [9.17, 15) is 5.11 Å². The van der Waals surface area contributed by atoms with Crippen LogP contribution in [0.3, 0.4) is 0 Å². The second-order valence-electron chi connectivity index (χ2n) is 6.21. The number of ether oxygens (including phenoxy) is 1. The summed E-state index contributed by atoms with van der Waals surface area (Å²) in [5.41, 5.74) is 6.00. The van der Waals surface area contributed by atoms with Crippen molar-refractivity contribution in [2.75, 3.05) is 33.4 Å². The van der Waals surface area contributed by atoms with E-state index in [-0.39, 0.29) is 6.61 Å². The second kappa shape index (κ2) is 5.87. The van der Waals surface area contributed by atoms with Crippen molar-refractivity contribution in [3.05, 3.63) is 0 Å². The normalized spacial score (nSPS) is 25.2. The summed E-state index contributed by atoms with van der Waals surface area (Å²) in [5, 5.41) is 9.62. The Kier molecular flexibility index (Phi) is 4.64. The van der Waals surface area contributed by atoms with Gasteiger partial charge in [-0.15, -0.1) is 0 Å². The Labute approximate surface area is 110 Å². The van der Waals surface area contributed by atoms with Gasteiger partial charge in [-0.1, -0.05) is 0 Å². The largest absolute Gasteiger partial charge is 0.394 e. The molecule has 2 rings (SSSR count). The molecule has 0 saturated heterocycles. The van der Waals surface area contributed by atoms with Gasteiger partial charge in [0.05, 0.1) is 18.8 Å². The second-order valence-corrected chi connectivity index (χ2v) is 6.21. The molecule has 0 spiro atoms. The number of rotatable bonds is 9. The molecule has 2 aliphatic carbocycles. The zero-order valence-electron chi connectivity index (χ0n) is 11.8. The van der Waals surface area contributed by atoms with Gasteiger partial charge in [-0.3, -0.25) is 4.90 Å². The van der Waals surface area contributed by atoms with E-state index in [0.29, 0.717) is 12.0 Å². The van der Waals surface area contributed by atoms with Gasteiger partial charge in [0.15, 0.2) is 0 Å². The van der Waals surface area contributed by atoms with E-state index < -0.39 is 5.54 Å². The van der Waals surface area contributed by atoms with Gasteiger partial charge in [0.2, 0.25) is 0 Å².